The molecule has 0 bridgehead atoms. The smallest absolute Gasteiger partial charge is 0.116 e. The molecule has 0 heterocycles. The number of aryl methyl sites for hydroxylation is 1. The maximum Gasteiger partial charge on any atom is 0.116 e. The van der Waals surface area contributed by atoms with E-state index in [1.807, 2.05) is 12.1 Å². The molecule has 0 amide bonds. The van der Waals surface area contributed by atoms with E-state index in [9.17, 15) is 10.2 Å². The Morgan fingerprint density at radius 1 is 1.19 bits per heavy atom. The van der Waals surface area contributed by atoms with Gasteiger partial charge in [0.2, 0.25) is 0 Å². The number of benzene rings is 1. The van der Waals surface area contributed by atoms with Gasteiger partial charge in [0.25, 0.3) is 0 Å². The number of aromatic hydroxyl groups is 1. The summed E-state index contributed by atoms with van der Waals surface area (Å²) < 4.78 is 1.24. The van der Waals surface area contributed by atoms with E-state index in [0.29, 0.717) is 17.6 Å². The third kappa shape index (κ3) is 1.99. The quantitative estimate of drug-likeness (QED) is 0.643. The Kier molecular flexibility index (Phi) is 3.31. The van der Waals surface area contributed by atoms with E-state index in [4.69, 9.17) is 0 Å². The molecule has 5 atom stereocenters. The molecule has 0 radical (unpaired) electrons. The average molecular weight is 398 g/mol. The van der Waals surface area contributed by atoms with Crippen LogP contribution in [-0.2, 0) is 6.42 Å². The van der Waals surface area contributed by atoms with Crippen LogP contribution in [0.5, 0.6) is 5.75 Å². The normalized spacial score (nSPS) is 41.3. The Bertz CT molecular complexity index is 585. The van der Waals surface area contributed by atoms with Gasteiger partial charge in [-0.25, -0.2) is 0 Å². The molecular weight excluding hydrogens is 375 g/mol. The third-order valence-corrected chi connectivity index (χ3v) is 7.60. The first-order valence-corrected chi connectivity index (χ1v) is 9.28. The van der Waals surface area contributed by atoms with E-state index in [2.05, 4.69) is 29.5 Å². The molecule has 1 aromatic rings. The van der Waals surface area contributed by atoms with Gasteiger partial charge in [0.15, 0.2) is 0 Å². The van der Waals surface area contributed by atoms with Gasteiger partial charge in [0.05, 0.1) is 6.10 Å². The van der Waals surface area contributed by atoms with Gasteiger partial charge in [0.1, 0.15) is 5.75 Å². The second-order valence-corrected chi connectivity index (χ2v) is 8.72. The van der Waals surface area contributed by atoms with Gasteiger partial charge in [-0.15, -0.1) is 0 Å². The molecule has 3 aliphatic rings. The number of phenolic OH excluding ortho intramolecular Hbond substituents is 1. The van der Waals surface area contributed by atoms with Crippen LogP contribution in [0.1, 0.15) is 56.1 Å². The molecule has 3 heteroatoms. The number of rotatable bonds is 0. The minimum Gasteiger partial charge on any atom is -0.508 e. The van der Waals surface area contributed by atoms with Crippen LogP contribution in [0.15, 0.2) is 12.1 Å². The predicted molar refractivity (Wildman–Crippen MR) is 91.4 cm³/mol. The molecular formula is C18H23IO2. The van der Waals surface area contributed by atoms with Crippen molar-refractivity contribution >= 4 is 22.6 Å². The van der Waals surface area contributed by atoms with Crippen LogP contribution < -0.4 is 0 Å². The summed E-state index contributed by atoms with van der Waals surface area (Å²) in [5, 5.41) is 20.3. The van der Waals surface area contributed by atoms with Crippen molar-refractivity contribution in [3.63, 3.8) is 0 Å². The largest absolute Gasteiger partial charge is 0.508 e. The first-order valence-electron chi connectivity index (χ1n) is 8.20. The first kappa shape index (κ1) is 14.3. The lowest BCUT2D eigenvalue weighted by atomic mass is 9.55. The zero-order valence-corrected chi connectivity index (χ0v) is 14.6. The third-order valence-electron chi connectivity index (χ3n) is 6.70. The highest BCUT2D eigenvalue weighted by Crippen LogP contribution is 2.61. The molecule has 2 saturated carbocycles. The van der Waals surface area contributed by atoms with Crippen molar-refractivity contribution in [2.24, 2.45) is 17.3 Å². The summed E-state index contributed by atoms with van der Waals surface area (Å²) in [7, 11) is 0. The van der Waals surface area contributed by atoms with Crippen molar-refractivity contribution in [3.8, 4) is 5.75 Å². The maximum atomic E-state index is 10.4. The Hall–Kier alpha value is -0.290. The molecule has 4 rings (SSSR count). The summed E-state index contributed by atoms with van der Waals surface area (Å²) in [5.41, 5.74) is 3.02. The zero-order chi connectivity index (χ0) is 14.8. The summed E-state index contributed by atoms with van der Waals surface area (Å²) in [5.74, 6) is 2.47. The summed E-state index contributed by atoms with van der Waals surface area (Å²) in [6.45, 7) is 2.32. The van der Waals surface area contributed by atoms with Gasteiger partial charge >= 0.3 is 0 Å². The van der Waals surface area contributed by atoms with Gasteiger partial charge in [-0.1, -0.05) is 6.92 Å². The van der Waals surface area contributed by atoms with Crippen molar-refractivity contribution in [2.75, 3.05) is 0 Å². The molecule has 0 spiro atoms. The number of aliphatic hydroxyl groups is 1. The second-order valence-electron chi connectivity index (χ2n) is 7.55. The number of halogens is 1. The summed E-state index contributed by atoms with van der Waals surface area (Å²) >= 11 is 2.40. The van der Waals surface area contributed by atoms with Crippen LogP contribution in [0.2, 0.25) is 0 Å². The maximum absolute atomic E-state index is 10.4. The number of fused-ring (bicyclic) bond motifs is 5. The van der Waals surface area contributed by atoms with E-state index < -0.39 is 0 Å². The fourth-order valence-electron chi connectivity index (χ4n) is 5.62. The SMILES string of the molecule is C[C@]12CC[C@@H]3c4c(I)cc(O)cc4CC[C@H]3[C@@H]1CC[C@H]2O. The molecule has 0 saturated heterocycles. The molecule has 3 aliphatic carbocycles. The van der Waals surface area contributed by atoms with Crippen molar-refractivity contribution in [1.82, 2.24) is 0 Å². The lowest BCUT2D eigenvalue weighted by molar-refractivity contribution is -0.0227. The van der Waals surface area contributed by atoms with Crippen LogP contribution in [0, 0.1) is 20.8 Å². The lowest BCUT2D eigenvalue weighted by Crippen LogP contribution is -2.44. The molecule has 21 heavy (non-hydrogen) atoms. The lowest BCUT2D eigenvalue weighted by Gasteiger charge is -2.50. The highest BCUT2D eigenvalue weighted by Gasteiger charge is 2.54. The fraction of sp³-hybridized carbons (Fsp3) is 0.667. The van der Waals surface area contributed by atoms with E-state index in [-0.39, 0.29) is 11.5 Å². The number of aliphatic hydroxyl groups excluding tert-OH is 1. The number of hydrogen-bond donors (Lipinski definition) is 2. The van der Waals surface area contributed by atoms with E-state index in [0.717, 1.165) is 25.2 Å². The Morgan fingerprint density at radius 2 is 2.00 bits per heavy atom. The number of phenols is 1. The van der Waals surface area contributed by atoms with E-state index in [1.165, 1.54) is 34.0 Å². The van der Waals surface area contributed by atoms with E-state index in [1.54, 1.807) is 0 Å². The Labute approximate surface area is 140 Å². The van der Waals surface area contributed by atoms with Crippen LogP contribution >= 0.6 is 22.6 Å². The summed E-state index contributed by atoms with van der Waals surface area (Å²) in [6.07, 6.45) is 6.75. The standard InChI is InChI=1S/C18H23IO2/c1-18-7-6-13-12(14(18)4-5-16(18)21)3-2-10-8-11(20)9-15(19)17(10)13/h8-9,12-14,16,20-21H,2-7H2,1H3/t12-,13+,14+,16-,18+/m1/s1. The van der Waals surface area contributed by atoms with Crippen LogP contribution in [0.25, 0.3) is 0 Å². The average Bonchev–Trinajstić information content (AvgIpc) is 2.74. The second kappa shape index (κ2) is 4.85. The van der Waals surface area contributed by atoms with Gasteiger partial charge in [-0.2, -0.15) is 0 Å². The Morgan fingerprint density at radius 3 is 2.81 bits per heavy atom. The van der Waals surface area contributed by atoms with Crippen molar-refractivity contribution < 1.29 is 10.2 Å². The van der Waals surface area contributed by atoms with Crippen LogP contribution in [-0.4, -0.2) is 16.3 Å². The monoisotopic (exact) mass is 398 g/mol. The predicted octanol–water partition coefficient (Wildman–Crippen LogP) is 4.21. The molecule has 2 nitrogen and oxygen atoms in total. The minimum absolute atomic E-state index is 0.0938. The first-order chi connectivity index (χ1) is 10.0. The highest BCUT2D eigenvalue weighted by atomic mass is 127. The van der Waals surface area contributed by atoms with Crippen molar-refractivity contribution in [1.29, 1.82) is 0 Å². The van der Waals surface area contributed by atoms with Crippen LogP contribution in [0.3, 0.4) is 0 Å². The molecule has 1 aromatic carbocycles. The van der Waals surface area contributed by atoms with Crippen LogP contribution in [0.4, 0.5) is 0 Å². The van der Waals surface area contributed by atoms with Gasteiger partial charge in [-0.05, 0) is 108 Å². The summed E-state index contributed by atoms with van der Waals surface area (Å²) in [4.78, 5) is 0. The zero-order valence-electron chi connectivity index (χ0n) is 12.5. The molecule has 2 fully saturated rings. The number of hydrogen-bond acceptors (Lipinski definition) is 2. The topological polar surface area (TPSA) is 40.5 Å². The summed E-state index contributed by atoms with van der Waals surface area (Å²) in [6, 6.07) is 3.89. The fourth-order valence-corrected chi connectivity index (χ4v) is 6.69. The minimum atomic E-state index is -0.0938. The van der Waals surface area contributed by atoms with Gasteiger partial charge in [-0.3, -0.25) is 0 Å². The molecule has 0 aromatic heterocycles. The van der Waals surface area contributed by atoms with Gasteiger partial charge < -0.3 is 10.2 Å². The molecule has 0 unspecified atom stereocenters. The van der Waals surface area contributed by atoms with E-state index >= 15 is 0 Å². The molecule has 114 valence electrons. The molecule has 2 N–H and O–H groups in total. The molecule has 0 aliphatic heterocycles. The van der Waals surface area contributed by atoms with Crippen molar-refractivity contribution in [3.05, 3.63) is 26.8 Å². The van der Waals surface area contributed by atoms with Gasteiger partial charge in [0, 0.05) is 3.57 Å². The Balaban J connectivity index is 1.75. The van der Waals surface area contributed by atoms with Crippen molar-refractivity contribution in [2.45, 2.75) is 57.5 Å². The highest BCUT2D eigenvalue weighted by molar-refractivity contribution is 14.1.